The number of nitrogens with two attached hydrogens (primary N) is 1. The number of nitrogens with one attached hydrogen (secondary N) is 2. The first-order chi connectivity index (χ1) is 22.5. The molecule has 3 fully saturated rings. The number of likely N-dealkylation sites (tertiary alicyclic amines) is 1. The van der Waals surface area contributed by atoms with Gasteiger partial charge in [-0.05, 0) is 82.3 Å². The molecular weight excluding hydrogens is 609 g/mol. The molecule has 10 nitrogen and oxygen atoms in total. The highest BCUT2D eigenvalue weighted by Gasteiger charge is 2.57. The van der Waals surface area contributed by atoms with Crippen LogP contribution >= 0.6 is 0 Å². The third kappa shape index (κ3) is 5.95. The van der Waals surface area contributed by atoms with E-state index in [0.717, 1.165) is 75.9 Å². The number of amides is 2. The monoisotopic (exact) mass is 644 g/mol. The van der Waals surface area contributed by atoms with E-state index < -0.39 is 17.6 Å². The number of imidazole rings is 1. The fourth-order valence-corrected chi connectivity index (χ4v) is 7.54. The zero-order valence-corrected chi connectivity index (χ0v) is 25.7. The fourth-order valence-electron chi connectivity index (χ4n) is 7.54. The Morgan fingerprint density at radius 3 is 2.47 bits per heavy atom. The SMILES string of the molecule is Nc1nccn2c(C34CCC(NC(=O)/C=C/CN5CCCC5)(CC3)C4)nc(-c3ccc(C(=O)Nc4cc(C(F)(F)F)ccn4)cc3)c12. The van der Waals surface area contributed by atoms with E-state index in [0.29, 0.717) is 22.6 Å². The maximum absolute atomic E-state index is 13.1. The second kappa shape index (κ2) is 11.8. The number of nitrogens with zero attached hydrogens (tertiary/aromatic N) is 5. The summed E-state index contributed by atoms with van der Waals surface area (Å²) in [5.41, 5.74) is 7.17. The minimum atomic E-state index is -4.55. The van der Waals surface area contributed by atoms with E-state index in [4.69, 9.17) is 10.7 Å². The molecule has 0 spiro atoms. The number of nitrogen functional groups attached to an aromatic ring is 1. The van der Waals surface area contributed by atoms with Gasteiger partial charge in [0.1, 0.15) is 28.7 Å². The largest absolute Gasteiger partial charge is 0.416 e. The maximum atomic E-state index is 13.1. The first-order valence-corrected chi connectivity index (χ1v) is 15.8. The highest BCUT2D eigenvalue weighted by molar-refractivity contribution is 6.04. The van der Waals surface area contributed by atoms with E-state index in [9.17, 15) is 22.8 Å². The molecule has 0 atom stereocenters. The zero-order chi connectivity index (χ0) is 32.8. The predicted molar refractivity (Wildman–Crippen MR) is 170 cm³/mol. The van der Waals surface area contributed by atoms with Crippen LogP contribution in [0, 0.1) is 0 Å². The molecule has 244 valence electrons. The van der Waals surface area contributed by atoms with Crippen molar-refractivity contribution in [1.82, 2.24) is 29.6 Å². The van der Waals surface area contributed by atoms with E-state index in [1.807, 2.05) is 16.7 Å². The minimum absolute atomic E-state index is 0.0584. The van der Waals surface area contributed by atoms with Gasteiger partial charge in [0.15, 0.2) is 0 Å². The summed E-state index contributed by atoms with van der Waals surface area (Å²) in [6.07, 6.45) is 10.2. The van der Waals surface area contributed by atoms with E-state index in [1.54, 1.807) is 36.5 Å². The number of halogens is 3. The Labute approximate surface area is 269 Å². The van der Waals surface area contributed by atoms with Crippen molar-refractivity contribution in [3.05, 3.63) is 84.1 Å². The number of fused-ring (bicyclic) bond motifs is 3. The number of rotatable bonds is 8. The standard InChI is InChI=1S/C34H35F3N8O2/c35-34(36,37)24-9-14-39-25(20-24)41-30(47)23-7-5-22(6-8-23)27-28-29(38)40-15-19-45(28)31(42-27)32-10-12-33(21-32,13-11-32)43-26(46)4-3-18-44-16-1-2-17-44/h3-9,14-15,19-20H,1-2,10-13,16-18,21H2,(H2,38,40)(H,43,46)(H,39,41,47)/b4-3+. The number of hydrogen-bond donors (Lipinski definition) is 3. The van der Waals surface area contributed by atoms with Crippen LogP contribution in [0.1, 0.15) is 66.7 Å². The topological polar surface area (TPSA) is 131 Å². The van der Waals surface area contributed by atoms with E-state index in [2.05, 4.69) is 25.5 Å². The van der Waals surface area contributed by atoms with Crippen molar-refractivity contribution in [2.75, 3.05) is 30.7 Å². The van der Waals surface area contributed by atoms with Crippen molar-refractivity contribution in [2.45, 2.75) is 62.1 Å². The first-order valence-electron chi connectivity index (χ1n) is 15.8. The van der Waals surface area contributed by atoms with Crippen molar-refractivity contribution in [1.29, 1.82) is 0 Å². The Morgan fingerprint density at radius 2 is 1.74 bits per heavy atom. The molecule has 2 amide bonds. The van der Waals surface area contributed by atoms with Gasteiger partial charge in [0, 0.05) is 53.3 Å². The number of carbonyl (C=O) groups excluding carboxylic acids is 2. The lowest BCUT2D eigenvalue weighted by Gasteiger charge is -2.28. The molecule has 3 aliphatic rings. The lowest BCUT2D eigenvalue weighted by Crippen LogP contribution is -2.44. The highest BCUT2D eigenvalue weighted by atomic mass is 19.4. The Kier molecular flexibility index (Phi) is 7.74. The number of hydrogen-bond acceptors (Lipinski definition) is 7. The Bertz CT molecular complexity index is 1850. The molecule has 1 saturated heterocycles. The molecule has 47 heavy (non-hydrogen) atoms. The van der Waals surface area contributed by atoms with Gasteiger partial charge in [0.25, 0.3) is 5.91 Å². The van der Waals surface area contributed by atoms with Gasteiger partial charge in [-0.1, -0.05) is 18.2 Å². The predicted octanol–water partition coefficient (Wildman–Crippen LogP) is 5.37. The van der Waals surface area contributed by atoms with Crippen molar-refractivity contribution in [3.63, 3.8) is 0 Å². The summed E-state index contributed by atoms with van der Waals surface area (Å²) in [6.45, 7) is 2.96. The van der Waals surface area contributed by atoms with Crippen LogP contribution in [0.2, 0.25) is 0 Å². The lowest BCUT2D eigenvalue weighted by molar-refractivity contribution is -0.137. The zero-order valence-electron chi connectivity index (χ0n) is 25.7. The lowest BCUT2D eigenvalue weighted by atomic mass is 9.83. The Morgan fingerprint density at radius 1 is 1.00 bits per heavy atom. The van der Waals surface area contributed by atoms with Crippen LogP contribution < -0.4 is 16.4 Å². The van der Waals surface area contributed by atoms with Crippen molar-refractivity contribution >= 4 is 29.0 Å². The first kappa shape index (κ1) is 30.9. The van der Waals surface area contributed by atoms with Crippen LogP contribution in [0.15, 0.2) is 67.1 Å². The van der Waals surface area contributed by atoms with Crippen LogP contribution in [0.4, 0.5) is 24.8 Å². The van der Waals surface area contributed by atoms with Gasteiger partial charge in [-0.2, -0.15) is 13.2 Å². The van der Waals surface area contributed by atoms with E-state index >= 15 is 0 Å². The third-order valence-electron chi connectivity index (χ3n) is 9.87. The Balaban J connectivity index is 1.11. The summed E-state index contributed by atoms with van der Waals surface area (Å²) in [5.74, 6) is 0.327. The van der Waals surface area contributed by atoms with Crippen LogP contribution in [0.3, 0.4) is 0 Å². The second-order valence-corrected chi connectivity index (χ2v) is 12.9. The molecule has 2 aliphatic carbocycles. The van der Waals surface area contributed by atoms with Gasteiger partial charge in [-0.25, -0.2) is 15.0 Å². The molecule has 4 aromatic rings. The summed E-state index contributed by atoms with van der Waals surface area (Å²) in [6, 6.07) is 8.25. The molecule has 3 aromatic heterocycles. The van der Waals surface area contributed by atoms with Gasteiger partial charge >= 0.3 is 6.18 Å². The second-order valence-electron chi connectivity index (χ2n) is 12.9. The average molecular weight is 645 g/mol. The third-order valence-corrected chi connectivity index (χ3v) is 9.87. The molecule has 1 aromatic carbocycles. The minimum Gasteiger partial charge on any atom is -0.382 e. The van der Waals surface area contributed by atoms with Crippen LogP contribution in [0.25, 0.3) is 16.8 Å². The van der Waals surface area contributed by atoms with Crippen LogP contribution in [0.5, 0.6) is 0 Å². The van der Waals surface area contributed by atoms with E-state index in [1.165, 1.54) is 12.8 Å². The Hall–Kier alpha value is -4.78. The summed E-state index contributed by atoms with van der Waals surface area (Å²) in [4.78, 5) is 41.4. The van der Waals surface area contributed by atoms with Crippen LogP contribution in [-0.2, 0) is 16.4 Å². The molecule has 1 aliphatic heterocycles. The van der Waals surface area contributed by atoms with E-state index in [-0.39, 0.29) is 28.2 Å². The highest BCUT2D eigenvalue weighted by Crippen LogP contribution is 2.57. The average Bonchev–Trinajstić information content (AvgIpc) is 3.85. The molecule has 2 saturated carbocycles. The molecule has 7 rings (SSSR count). The quantitative estimate of drug-likeness (QED) is 0.220. The molecular formula is C34H35F3N8O2. The summed E-state index contributed by atoms with van der Waals surface area (Å²) < 4.78 is 41.3. The van der Waals surface area contributed by atoms with Gasteiger partial charge < -0.3 is 16.4 Å². The smallest absolute Gasteiger partial charge is 0.382 e. The van der Waals surface area contributed by atoms with Crippen molar-refractivity contribution in [3.8, 4) is 11.3 Å². The van der Waals surface area contributed by atoms with Crippen LogP contribution in [-0.4, -0.2) is 61.2 Å². The summed E-state index contributed by atoms with van der Waals surface area (Å²) >= 11 is 0. The normalized spacial score (nSPS) is 22.8. The number of anilines is 2. The number of pyridine rings is 1. The van der Waals surface area contributed by atoms with Gasteiger partial charge in [-0.15, -0.1) is 0 Å². The molecule has 13 heteroatoms. The number of carbonyl (C=O) groups is 2. The van der Waals surface area contributed by atoms with Gasteiger partial charge in [0.05, 0.1) is 5.56 Å². The molecule has 0 radical (unpaired) electrons. The molecule has 2 bridgehead atoms. The van der Waals surface area contributed by atoms with Crippen molar-refractivity contribution < 1.29 is 22.8 Å². The number of alkyl halides is 3. The number of benzene rings is 1. The van der Waals surface area contributed by atoms with Gasteiger partial charge in [-0.3, -0.25) is 18.9 Å². The number of aromatic nitrogens is 4. The molecule has 4 N–H and O–H groups in total. The molecule has 0 unspecified atom stereocenters. The maximum Gasteiger partial charge on any atom is 0.416 e. The summed E-state index contributed by atoms with van der Waals surface area (Å²) in [5, 5.41) is 5.76. The van der Waals surface area contributed by atoms with Gasteiger partial charge in [0.2, 0.25) is 5.91 Å². The summed E-state index contributed by atoms with van der Waals surface area (Å²) in [7, 11) is 0. The van der Waals surface area contributed by atoms with Crippen molar-refractivity contribution in [2.24, 2.45) is 0 Å². The molecule has 4 heterocycles. The fraction of sp³-hybridized carbons (Fsp3) is 0.382.